The molecule has 1 unspecified atom stereocenters. The van der Waals surface area contributed by atoms with E-state index in [1.807, 2.05) is 13.2 Å². The number of aryl methyl sites for hydroxylation is 1. The standard InChI is InChI=1S/C15H18N2S/c1-11-6-4-5-7-14(11)18-15-9-8-13(10-17-15)12(2)16-3/h4-10,12,16H,1-3H3. The molecule has 0 amide bonds. The van der Waals surface area contributed by atoms with Gasteiger partial charge in [-0.05, 0) is 44.2 Å². The van der Waals surface area contributed by atoms with Crippen molar-refractivity contribution in [1.82, 2.24) is 10.3 Å². The highest BCUT2D eigenvalue weighted by atomic mass is 32.2. The second kappa shape index (κ2) is 6.03. The summed E-state index contributed by atoms with van der Waals surface area (Å²) in [5.74, 6) is 0. The molecule has 2 rings (SSSR count). The van der Waals surface area contributed by atoms with Crippen molar-refractivity contribution < 1.29 is 0 Å². The molecule has 1 atom stereocenters. The van der Waals surface area contributed by atoms with E-state index in [-0.39, 0.29) is 0 Å². The molecule has 18 heavy (non-hydrogen) atoms. The van der Waals surface area contributed by atoms with E-state index in [0.717, 1.165) is 5.03 Å². The second-order valence-electron chi connectivity index (χ2n) is 4.31. The lowest BCUT2D eigenvalue weighted by atomic mass is 10.1. The van der Waals surface area contributed by atoms with E-state index in [9.17, 15) is 0 Å². The average Bonchev–Trinajstić information content (AvgIpc) is 2.41. The van der Waals surface area contributed by atoms with Crippen LogP contribution < -0.4 is 5.32 Å². The van der Waals surface area contributed by atoms with E-state index >= 15 is 0 Å². The first-order valence-electron chi connectivity index (χ1n) is 6.07. The zero-order chi connectivity index (χ0) is 13.0. The molecule has 0 aliphatic heterocycles. The van der Waals surface area contributed by atoms with Crippen LogP contribution in [0.2, 0.25) is 0 Å². The predicted molar refractivity (Wildman–Crippen MR) is 77.0 cm³/mol. The minimum atomic E-state index is 0.343. The molecule has 2 nitrogen and oxygen atoms in total. The first kappa shape index (κ1) is 13.1. The van der Waals surface area contributed by atoms with Crippen LogP contribution >= 0.6 is 11.8 Å². The molecule has 1 aromatic carbocycles. The normalized spacial score (nSPS) is 12.4. The lowest BCUT2D eigenvalue weighted by Crippen LogP contribution is -2.12. The fourth-order valence-electron chi connectivity index (χ4n) is 1.66. The van der Waals surface area contributed by atoms with E-state index < -0.39 is 0 Å². The van der Waals surface area contributed by atoms with E-state index in [1.165, 1.54) is 16.0 Å². The van der Waals surface area contributed by atoms with E-state index in [2.05, 4.69) is 60.5 Å². The summed E-state index contributed by atoms with van der Waals surface area (Å²) in [4.78, 5) is 5.77. The molecule has 0 radical (unpaired) electrons. The van der Waals surface area contributed by atoms with Gasteiger partial charge in [-0.2, -0.15) is 0 Å². The predicted octanol–water partition coefficient (Wildman–Crippen LogP) is 3.82. The number of rotatable bonds is 4. The van der Waals surface area contributed by atoms with Gasteiger partial charge in [-0.1, -0.05) is 36.0 Å². The van der Waals surface area contributed by atoms with Gasteiger partial charge in [0.05, 0.1) is 0 Å². The quantitative estimate of drug-likeness (QED) is 0.902. The van der Waals surface area contributed by atoms with Gasteiger partial charge >= 0.3 is 0 Å². The van der Waals surface area contributed by atoms with Crippen molar-refractivity contribution in [2.45, 2.75) is 29.8 Å². The van der Waals surface area contributed by atoms with Crippen molar-refractivity contribution in [3.8, 4) is 0 Å². The first-order valence-corrected chi connectivity index (χ1v) is 6.89. The number of pyridine rings is 1. The van der Waals surface area contributed by atoms with E-state index in [1.54, 1.807) is 11.8 Å². The molecule has 0 aliphatic rings. The number of hydrogen-bond acceptors (Lipinski definition) is 3. The van der Waals surface area contributed by atoms with Gasteiger partial charge in [-0.25, -0.2) is 4.98 Å². The number of hydrogen-bond donors (Lipinski definition) is 1. The van der Waals surface area contributed by atoms with Crippen LogP contribution in [-0.4, -0.2) is 12.0 Å². The number of aromatic nitrogens is 1. The van der Waals surface area contributed by atoms with Crippen LogP contribution in [0.4, 0.5) is 0 Å². The summed E-state index contributed by atoms with van der Waals surface area (Å²) in [6.07, 6.45) is 1.95. The number of nitrogens with zero attached hydrogens (tertiary/aromatic N) is 1. The fraction of sp³-hybridized carbons (Fsp3) is 0.267. The summed E-state index contributed by atoms with van der Waals surface area (Å²) < 4.78 is 0. The molecular weight excluding hydrogens is 240 g/mol. The molecule has 0 bridgehead atoms. The van der Waals surface area contributed by atoms with Crippen LogP contribution in [0.5, 0.6) is 0 Å². The third-order valence-corrected chi connectivity index (χ3v) is 4.13. The van der Waals surface area contributed by atoms with Crippen LogP contribution in [0.15, 0.2) is 52.5 Å². The highest BCUT2D eigenvalue weighted by Gasteiger charge is 2.05. The minimum Gasteiger partial charge on any atom is -0.313 e. The fourth-order valence-corrected chi connectivity index (χ4v) is 2.50. The molecule has 1 heterocycles. The van der Waals surface area contributed by atoms with Gasteiger partial charge in [0.15, 0.2) is 0 Å². The molecule has 0 saturated heterocycles. The maximum atomic E-state index is 4.51. The second-order valence-corrected chi connectivity index (χ2v) is 5.37. The maximum absolute atomic E-state index is 4.51. The summed E-state index contributed by atoms with van der Waals surface area (Å²) in [5, 5.41) is 4.25. The summed E-state index contributed by atoms with van der Waals surface area (Å²) in [6.45, 7) is 4.25. The maximum Gasteiger partial charge on any atom is 0.101 e. The minimum absolute atomic E-state index is 0.343. The first-order chi connectivity index (χ1) is 8.70. The van der Waals surface area contributed by atoms with E-state index in [4.69, 9.17) is 0 Å². The topological polar surface area (TPSA) is 24.9 Å². The summed E-state index contributed by atoms with van der Waals surface area (Å²) in [5.41, 5.74) is 2.50. The zero-order valence-corrected chi connectivity index (χ0v) is 11.8. The van der Waals surface area contributed by atoms with Crippen LogP contribution in [-0.2, 0) is 0 Å². The molecule has 2 aromatic rings. The van der Waals surface area contributed by atoms with Crippen molar-refractivity contribution in [2.75, 3.05) is 7.05 Å². The molecular formula is C15H18N2S. The third-order valence-electron chi connectivity index (χ3n) is 3.00. The third kappa shape index (κ3) is 3.12. The van der Waals surface area contributed by atoms with Crippen molar-refractivity contribution in [2.24, 2.45) is 0 Å². The summed E-state index contributed by atoms with van der Waals surface area (Å²) in [6, 6.07) is 12.9. The highest BCUT2D eigenvalue weighted by Crippen LogP contribution is 2.28. The summed E-state index contributed by atoms with van der Waals surface area (Å²) in [7, 11) is 1.96. The Morgan fingerprint density at radius 3 is 2.56 bits per heavy atom. The monoisotopic (exact) mass is 258 g/mol. The molecule has 0 saturated carbocycles. The van der Waals surface area contributed by atoms with Crippen LogP contribution in [0, 0.1) is 6.92 Å². The largest absolute Gasteiger partial charge is 0.313 e. The van der Waals surface area contributed by atoms with Crippen molar-refractivity contribution in [3.05, 3.63) is 53.7 Å². The lowest BCUT2D eigenvalue weighted by Gasteiger charge is -2.10. The number of nitrogens with one attached hydrogen (secondary N) is 1. The van der Waals surface area contributed by atoms with Crippen molar-refractivity contribution >= 4 is 11.8 Å². The molecule has 0 fully saturated rings. The Balaban J connectivity index is 2.14. The highest BCUT2D eigenvalue weighted by molar-refractivity contribution is 7.99. The number of benzene rings is 1. The van der Waals surface area contributed by atoms with Crippen molar-refractivity contribution in [1.29, 1.82) is 0 Å². The van der Waals surface area contributed by atoms with Gasteiger partial charge in [0.25, 0.3) is 0 Å². The van der Waals surface area contributed by atoms with Gasteiger partial charge < -0.3 is 5.32 Å². The Labute approximate surface area is 113 Å². The lowest BCUT2D eigenvalue weighted by molar-refractivity contribution is 0.648. The molecule has 3 heteroatoms. The Kier molecular flexibility index (Phi) is 4.39. The van der Waals surface area contributed by atoms with Crippen molar-refractivity contribution in [3.63, 3.8) is 0 Å². The van der Waals surface area contributed by atoms with E-state index in [0.29, 0.717) is 6.04 Å². The Morgan fingerprint density at radius 2 is 1.94 bits per heavy atom. The zero-order valence-electron chi connectivity index (χ0n) is 11.0. The van der Waals surface area contributed by atoms with Gasteiger partial charge in [-0.3, -0.25) is 0 Å². The average molecular weight is 258 g/mol. The molecule has 0 aliphatic carbocycles. The van der Waals surface area contributed by atoms with Crippen LogP contribution in [0.3, 0.4) is 0 Å². The molecule has 1 aromatic heterocycles. The van der Waals surface area contributed by atoms with Crippen LogP contribution in [0.25, 0.3) is 0 Å². The Hall–Kier alpha value is -1.32. The Bertz CT molecular complexity index is 508. The van der Waals surface area contributed by atoms with Gasteiger partial charge in [-0.15, -0.1) is 0 Å². The Morgan fingerprint density at radius 1 is 1.17 bits per heavy atom. The van der Waals surface area contributed by atoms with Gasteiger partial charge in [0.1, 0.15) is 5.03 Å². The van der Waals surface area contributed by atoms with Crippen LogP contribution in [0.1, 0.15) is 24.1 Å². The smallest absolute Gasteiger partial charge is 0.101 e. The SMILES string of the molecule is CNC(C)c1ccc(Sc2ccccc2C)nc1. The van der Waals surface area contributed by atoms with Gasteiger partial charge in [0.2, 0.25) is 0 Å². The molecule has 1 N–H and O–H groups in total. The molecule has 0 spiro atoms. The van der Waals surface area contributed by atoms with Gasteiger partial charge in [0, 0.05) is 17.1 Å². The molecule has 94 valence electrons. The summed E-state index contributed by atoms with van der Waals surface area (Å²) >= 11 is 1.71.